The van der Waals surface area contributed by atoms with Gasteiger partial charge in [0.25, 0.3) is 0 Å². The Kier molecular flexibility index (Phi) is 17.6. The number of hydrogen-bond acceptors (Lipinski definition) is 9. The molecule has 9 nitrogen and oxygen atoms in total. The Morgan fingerprint density at radius 1 is 0.291 bits per heavy atom. The highest BCUT2D eigenvalue weighted by atomic mass is 16.3. The van der Waals surface area contributed by atoms with Crippen molar-refractivity contribution in [3.8, 4) is 124 Å². The van der Waals surface area contributed by atoms with E-state index >= 15 is 0 Å². The normalized spacial score (nSPS) is 12.2. The van der Waals surface area contributed by atoms with Crippen molar-refractivity contribution in [3.63, 3.8) is 0 Å². The van der Waals surface area contributed by atoms with Crippen LogP contribution in [0.5, 0.6) is 0 Å². The van der Waals surface area contributed by atoms with E-state index in [0.29, 0.717) is 17.5 Å². The second kappa shape index (κ2) is 28.4. The van der Waals surface area contributed by atoms with E-state index in [1.54, 1.807) is 6.33 Å². The van der Waals surface area contributed by atoms with Gasteiger partial charge in [0, 0.05) is 82.5 Å². The van der Waals surface area contributed by atoms with Crippen molar-refractivity contribution in [1.29, 1.82) is 0 Å². The van der Waals surface area contributed by atoms with Gasteiger partial charge in [-0.15, -0.1) is 0 Å². The third kappa shape index (κ3) is 13.1. The van der Waals surface area contributed by atoms with Gasteiger partial charge in [-0.1, -0.05) is 308 Å². The highest BCUT2D eigenvalue weighted by Crippen LogP contribution is 2.53. The Morgan fingerprint density at radius 3 is 1.47 bits per heavy atom. The van der Waals surface area contributed by atoms with E-state index in [2.05, 4.69) is 274 Å². The minimum Gasteiger partial charge on any atom is -0.456 e. The van der Waals surface area contributed by atoms with Crippen molar-refractivity contribution < 1.29 is 8.83 Å². The number of furan rings is 2. The minimum atomic E-state index is -0.131. The summed E-state index contributed by atoms with van der Waals surface area (Å²) in [4.78, 5) is 33.4. The van der Waals surface area contributed by atoms with Gasteiger partial charge in [0.05, 0.1) is 16.9 Å². The van der Waals surface area contributed by atoms with E-state index in [-0.39, 0.29) is 10.8 Å². The Hall–Kier alpha value is -13.9. The van der Waals surface area contributed by atoms with Crippen LogP contribution in [0.15, 0.2) is 355 Å². The second-order valence-electron chi connectivity index (χ2n) is 29.6. The lowest BCUT2D eigenvalue weighted by Crippen LogP contribution is -2.15. The van der Waals surface area contributed by atoms with Gasteiger partial charge in [-0.25, -0.2) is 34.9 Å². The van der Waals surface area contributed by atoms with Crippen molar-refractivity contribution in [2.24, 2.45) is 0 Å². The topological polar surface area (TPSA) is 117 Å². The van der Waals surface area contributed by atoms with Crippen LogP contribution in [0.3, 0.4) is 0 Å². The van der Waals surface area contributed by atoms with Gasteiger partial charge < -0.3 is 8.83 Å². The number of hydrogen-bond donors (Lipinski definition) is 0. The average molecular weight is 1420 g/mol. The van der Waals surface area contributed by atoms with E-state index in [1.165, 1.54) is 38.9 Å². The van der Waals surface area contributed by atoms with E-state index in [9.17, 15) is 0 Å². The van der Waals surface area contributed by atoms with Gasteiger partial charge in [0.2, 0.25) is 0 Å². The molecule has 0 aliphatic heterocycles. The van der Waals surface area contributed by atoms with Crippen molar-refractivity contribution in [1.82, 2.24) is 34.9 Å². The summed E-state index contributed by atoms with van der Waals surface area (Å²) in [6.45, 7) is 13.3. The molecule has 110 heavy (non-hydrogen) atoms. The van der Waals surface area contributed by atoms with Crippen LogP contribution in [0.4, 0.5) is 0 Å². The molecule has 0 fully saturated rings. The van der Waals surface area contributed by atoms with Crippen LogP contribution in [0.2, 0.25) is 0 Å². The molecule has 0 bridgehead atoms. The maximum atomic E-state index is 6.58. The first kappa shape index (κ1) is 68.0. The summed E-state index contributed by atoms with van der Waals surface area (Å²) in [6, 6.07) is 118. The Morgan fingerprint density at radius 2 is 0.773 bits per heavy atom. The van der Waals surface area contributed by atoms with Gasteiger partial charge in [-0.2, -0.15) is 0 Å². The molecule has 0 unspecified atom stereocenters. The first-order valence-electron chi connectivity index (χ1n) is 37.3. The predicted octanol–water partition coefficient (Wildman–Crippen LogP) is 26.4. The lowest BCUT2D eigenvalue weighted by atomic mass is 9.82. The van der Waals surface area contributed by atoms with Crippen molar-refractivity contribution >= 4 is 54.8 Å². The molecule has 0 N–H and O–H groups in total. The van der Waals surface area contributed by atoms with Crippen molar-refractivity contribution in [2.45, 2.75) is 52.4 Å². The fraction of sp³-hybridized carbons (Fsp3) is 0.0792. The molecule has 526 valence electrons. The molecule has 20 rings (SSSR count). The average Bonchev–Trinajstić information content (AvgIpc) is 1.55. The van der Waals surface area contributed by atoms with Gasteiger partial charge >= 0.3 is 0 Å². The highest BCUT2D eigenvalue weighted by Gasteiger charge is 2.38. The molecular formula is C101H75N7O2. The summed E-state index contributed by atoms with van der Waals surface area (Å²) in [5.41, 5.74) is 29.2. The first-order valence-corrected chi connectivity index (χ1v) is 37.3. The maximum absolute atomic E-state index is 6.58. The van der Waals surface area contributed by atoms with Crippen molar-refractivity contribution in [2.75, 3.05) is 0 Å². The molecule has 1 aliphatic carbocycles. The molecule has 1 aliphatic rings. The van der Waals surface area contributed by atoms with Crippen LogP contribution in [0, 0.1) is 6.92 Å². The third-order valence-electron chi connectivity index (χ3n) is 21.0. The summed E-state index contributed by atoms with van der Waals surface area (Å²) in [5.74, 6) is 2.77. The quantitative estimate of drug-likeness (QED) is 0.132. The van der Waals surface area contributed by atoms with Crippen LogP contribution in [0.25, 0.3) is 178 Å². The standard InChI is InChI=1S/C39H25N3O.C35H24N2O.C27H26N2/c1-2-10-26(11-3-1)27-12-7-16-31(23-27)38-40-25-41-39(42-38)32-17-8-14-29(24-32)28-13-6-15-30(22-28)33-19-9-20-35-34-18-4-5-21-36(34)43-37(33)35;1-35(2)28-14-8-6-12-23(28)24-17-18-25-27-20-22(16-19-30(27)38-33(25)31(24)35)34-36-29-15-9-7-13-26(29)32(37-34)21-10-4-3-5-11-21;1-19-17-25(29-26(28-19)21-9-6-5-7-10-21)23-12-8-11-22(18-23)20-13-15-24(16-14-20)27(2,3)4/h1-25H;3-20H,1-2H3;5-18H,1-4H3. The van der Waals surface area contributed by atoms with E-state index in [4.69, 9.17) is 28.8 Å². The number of para-hydroxylation sites is 3. The molecule has 0 saturated heterocycles. The molecular weight excluding hydrogens is 1340 g/mol. The molecule has 5 aromatic heterocycles. The fourth-order valence-corrected chi connectivity index (χ4v) is 15.4. The SMILES string of the molecule is CC1(C)c2ccccc2-c2ccc3c(oc4ccc(-c5nc(-c6ccccc6)c6ccccc6n5)cc43)c21.Cc1cc(-c2cccc(-c3ccc(C(C)(C)C)cc3)c2)nc(-c2ccccc2)n1.c1ccc(-c2cccc(-c3ncnc(-c4cccc(-c5cccc(-c6cccc7c6oc6ccccc67)c5)c4)n3)c2)cc1. The van der Waals surface area contributed by atoms with Crippen LogP contribution >= 0.6 is 0 Å². The molecule has 5 heterocycles. The number of aromatic nitrogens is 7. The van der Waals surface area contributed by atoms with Crippen LogP contribution in [-0.2, 0) is 10.8 Å². The Bertz CT molecular complexity index is 6680. The minimum absolute atomic E-state index is 0.131. The number of fused-ring (bicyclic) bond motifs is 11. The van der Waals surface area contributed by atoms with Crippen LogP contribution in [0.1, 0.15) is 57.0 Å². The molecule has 0 radical (unpaired) electrons. The zero-order chi connectivity index (χ0) is 74.5. The molecule has 0 amide bonds. The third-order valence-corrected chi connectivity index (χ3v) is 21.0. The van der Waals surface area contributed by atoms with Crippen molar-refractivity contribution in [3.05, 3.63) is 368 Å². The fourth-order valence-electron chi connectivity index (χ4n) is 15.4. The van der Waals surface area contributed by atoms with Crippen LogP contribution in [-0.4, -0.2) is 34.9 Å². The summed E-state index contributed by atoms with van der Waals surface area (Å²) in [6.07, 6.45) is 1.59. The van der Waals surface area contributed by atoms with E-state index in [1.807, 2.05) is 122 Å². The molecule has 0 spiro atoms. The lowest BCUT2D eigenvalue weighted by molar-refractivity contribution is 0.590. The Balaban J connectivity index is 0.000000118. The zero-order valence-electron chi connectivity index (χ0n) is 61.9. The van der Waals surface area contributed by atoms with Gasteiger partial charge in [-0.3, -0.25) is 0 Å². The van der Waals surface area contributed by atoms with E-state index < -0.39 is 0 Å². The number of nitrogens with zero attached hydrogens (tertiary/aromatic N) is 7. The predicted molar refractivity (Wildman–Crippen MR) is 451 cm³/mol. The summed E-state index contributed by atoms with van der Waals surface area (Å²) in [7, 11) is 0. The highest BCUT2D eigenvalue weighted by molar-refractivity contribution is 6.11. The summed E-state index contributed by atoms with van der Waals surface area (Å²) in [5, 5.41) is 5.53. The number of benzene rings is 14. The van der Waals surface area contributed by atoms with Gasteiger partial charge in [0.1, 0.15) is 28.7 Å². The van der Waals surface area contributed by atoms with Crippen LogP contribution < -0.4 is 0 Å². The monoisotopic (exact) mass is 1420 g/mol. The molecule has 9 heteroatoms. The van der Waals surface area contributed by atoms with E-state index in [0.717, 1.165) is 144 Å². The largest absolute Gasteiger partial charge is 0.456 e. The molecule has 14 aromatic carbocycles. The number of aryl methyl sites for hydroxylation is 1. The van der Waals surface area contributed by atoms with Gasteiger partial charge in [-0.05, 0) is 140 Å². The number of rotatable bonds is 10. The molecule has 19 aromatic rings. The molecule has 0 atom stereocenters. The summed E-state index contributed by atoms with van der Waals surface area (Å²) >= 11 is 0. The Labute approximate surface area is 639 Å². The maximum Gasteiger partial charge on any atom is 0.163 e. The zero-order valence-corrected chi connectivity index (χ0v) is 61.9. The van der Waals surface area contributed by atoms with Gasteiger partial charge in [0.15, 0.2) is 23.3 Å². The first-order chi connectivity index (χ1) is 53.8. The summed E-state index contributed by atoms with van der Waals surface area (Å²) < 4.78 is 12.9. The smallest absolute Gasteiger partial charge is 0.163 e. The lowest BCUT2D eigenvalue weighted by Gasteiger charge is -2.21. The second-order valence-corrected chi connectivity index (χ2v) is 29.6. The molecule has 0 saturated carbocycles.